The molecule has 15 nitrogen and oxygen atoms in total. The normalized spacial score (nSPS) is 14.9. The van der Waals surface area contributed by atoms with Crippen molar-refractivity contribution >= 4 is 45.5 Å². The van der Waals surface area contributed by atoms with Gasteiger partial charge in [-0.25, -0.2) is 15.0 Å². The molecule has 9 aromatic heterocycles. The van der Waals surface area contributed by atoms with Crippen LogP contribution in [0.4, 0.5) is 17.5 Å². The molecule has 0 saturated heterocycles. The van der Waals surface area contributed by atoms with Gasteiger partial charge in [-0.15, -0.1) is 0 Å². The summed E-state index contributed by atoms with van der Waals surface area (Å²) < 4.78 is 5.73. The first-order chi connectivity index (χ1) is 47.3. The highest BCUT2D eigenvalue weighted by atomic mass is 15.3. The molecule has 0 fully saturated rings. The number of nitrogens with one attached hydrogen (secondary N) is 3. The van der Waals surface area contributed by atoms with Crippen LogP contribution in [0.3, 0.4) is 0 Å². The van der Waals surface area contributed by atoms with Crippen molar-refractivity contribution in [3.63, 3.8) is 0 Å². The van der Waals surface area contributed by atoms with Gasteiger partial charge in [0.25, 0.3) is 0 Å². The number of benzene rings is 2. The zero-order chi connectivity index (χ0) is 68.5. The standard InChI is InChI=1S/C25H23N5.C23H21N5.C21H21N5.6C2H6/c1-16-14-27-30-24(13-23(29-25(16)30)19-6-4-10-26-15-19)28-20-9-8-18-11-17-5-2-3-7-21(17)22(18)12-20;1-16-14-26-28-22(13-21(27-23(16)28)19-6-4-11-24-15-19)25-12-10-18-9-8-17-5-2-3-7-20(17)18;1-14-12-23-26-20(24-18-8-7-15-4-2-5-16(15)10-18)11-19(25-21(14)26)17-6-3-9-22-13-17;6*1-2/h2-7,10,13-15,20,28H,8-9,11-12H2,1H3;2-7,9,11,13-15,25H,8,10,12H2,1H3;2-3,5-6,9,11-13,18,24H,4,7-8,10H2,1H3;6*1-2H3. The predicted octanol–water partition coefficient (Wildman–Crippen LogP) is 20.1. The topological polar surface area (TPSA) is 165 Å². The van der Waals surface area contributed by atoms with Crippen molar-refractivity contribution in [1.82, 2.24) is 58.7 Å². The zero-order valence-corrected chi connectivity index (χ0v) is 59.5. The molecule has 5 aliphatic rings. The highest BCUT2D eigenvalue weighted by Gasteiger charge is 2.29. The van der Waals surface area contributed by atoms with E-state index in [0.717, 1.165) is 149 Å². The molecule has 2 unspecified atom stereocenters. The van der Waals surface area contributed by atoms with E-state index in [1.165, 1.54) is 39.8 Å². The van der Waals surface area contributed by atoms with Crippen LogP contribution in [-0.4, -0.2) is 77.4 Å². The number of hydrogen-bond donors (Lipinski definition) is 3. The molecule has 0 radical (unpaired) electrons. The van der Waals surface area contributed by atoms with E-state index < -0.39 is 0 Å². The Morgan fingerprint density at radius 3 is 1.41 bits per heavy atom. The van der Waals surface area contributed by atoms with Gasteiger partial charge in [0.1, 0.15) is 17.5 Å². The fourth-order valence-electron chi connectivity index (χ4n) is 12.6. The number of anilines is 3. The number of pyridine rings is 3. The van der Waals surface area contributed by atoms with E-state index in [4.69, 9.17) is 15.0 Å². The van der Waals surface area contributed by atoms with E-state index in [-0.39, 0.29) is 0 Å². The van der Waals surface area contributed by atoms with Gasteiger partial charge in [-0.3, -0.25) is 15.0 Å². The van der Waals surface area contributed by atoms with Gasteiger partial charge in [-0.05, 0) is 160 Å². The van der Waals surface area contributed by atoms with Crippen LogP contribution in [0.2, 0.25) is 0 Å². The second-order valence-electron chi connectivity index (χ2n) is 22.6. The van der Waals surface area contributed by atoms with Crippen molar-refractivity contribution in [2.24, 2.45) is 0 Å². The van der Waals surface area contributed by atoms with E-state index in [9.17, 15) is 0 Å². The van der Waals surface area contributed by atoms with Gasteiger partial charge < -0.3 is 16.0 Å². The highest BCUT2D eigenvalue weighted by Crippen LogP contribution is 2.43. The summed E-state index contributed by atoms with van der Waals surface area (Å²) in [5.74, 6) is 2.94. The molecule has 500 valence electrons. The van der Waals surface area contributed by atoms with Gasteiger partial charge in [-0.2, -0.15) is 28.8 Å². The molecule has 16 rings (SSSR count). The maximum atomic E-state index is 4.85. The lowest BCUT2D eigenvalue weighted by molar-refractivity contribution is 0.605. The Morgan fingerprint density at radius 1 is 0.458 bits per heavy atom. The van der Waals surface area contributed by atoms with Crippen LogP contribution in [-0.2, 0) is 12.8 Å². The Labute approximate surface area is 570 Å². The third kappa shape index (κ3) is 16.8. The quantitative estimate of drug-likeness (QED) is 0.112. The van der Waals surface area contributed by atoms with E-state index in [0.29, 0.717) is 12.1 Å². The van der Waals surface area contributed by atoms with E-state index >= 15 is 0 Å². The Bertz CT molecular complexity index is 4380. The zero-order valence-electron chi connectivity index (χ0n) is 59.5. The largest absolute Gasteiger partial charge is 0.370 e. The molecule has 0 spiro atoms. The van der Waals surface area contributed by atoms with Crippen LogP contribution in [0.5, 0.6) is 0 Å². The van der Waals surface area contributed by atoms with Crippen molar-refractivity contribution in [2.45, 2.75) is 180 Å². The highest BCUT2D eigenvalue weighted by molar-refractivity contribution is 5.78. The average Bonchev–Trinajstić information content (AvgIpc) is 1.60. The lowest BCUT2D eigenvalue weighted by atomic mass is 9.88. The fraction of sp³-hybridized carbons (Fsp3) is 0.346. The van der Waals surface area contributed by atoms with Gasteiger partial charge in [0, 0.05) is 107 Å². The number of aryl methyl sites for hydroxylation is 3. The van der Waals surface area contributed by atoms with Crippen molar-refractivity contribution in [2.75, 3.05) is 22.5 Å². The molecule has 3 N–H and O–H groups in total. The van der Waals surface area contributed by atoms with Crippen LogP contribution >= 0.6 is 0 Å². The maximum absolute atomic E-state index is 4.85. The first kappa shape index (κ1) is 71.9. The van der Waals surface area contributed by atoms with E-state index in [1.807, 2.05) is 184 Å². The molecule has 0 aliphatic heterocycles. The molecule has 0 bridgehead atoms. The predicted molar refractivity (Wildman–Crippen MR) is 403 cm³/mol. The van der Waals surface area contributed by atoms with Crippen LogP contribution in [0.15, 0.2) is 194 Å². The summed E-state index contributed by atoms with van der Waals surface area (Å²) in [5, 5.41) is 24.7. The van der Waals surface area contributed by atoms with Gasteiger partial charge in [0.2, 0.25) is 0 Å². The number of aromatic nitrogens is 12. The van der Waals surface area contributed by atoms with Crippen molar-refractivity contribution in [3.8, 4) is 33.8 Å². The third-order valence-electron chi connectivity index (χ3n) is 17.0. The summed E-state index contributed by atoms with van der Waals surface area (Å²) in [6.07, 6.45) is 34.5. The first-order valence-corrected chi connectivity index (χ1v) is 35.3. The molecule has 15 heteroatoms. The van der Waals surface area contributed by atoms with Gasteiger partial charge >= 0.3 is 0 Å². The lowest BCUT2D eigenvalue weighted by Gasteiger charge is -2.26. The lowest BCUT2D eigenvalue weighted by Crippen LogP contribution is -2.24. The summed E-state index contributed by atoms with van der Waals surface area (Å²) in [7, 11) is 0. The van der Waals surface area contributed by atoms with Crippen LogP contribution < -0.4 is 16.0 Å². The molecular formula is C81H101N15. The molecular weight excluding hydrogens is 1180 g/mol. The summed E-state index contributed by atoms with van der Waals surface area (Å²) in [5.41, 5.74) is 25.1. The van der Waals surface area contributed by atoms with Gasteiger partial charge in [-0.1, -0.05) is 161 Å². The summed E-state index contributed by atoms with van der Waals surface area (Å²) in [6, 6.07) is 36.5. The second-order valence-corrected chi connectivity index (χ2v) is 22.6. The Hall–Kier alpha value is -9.89. The Kier molecular flexibility index (Phi) is 27.1. The van der Waals surface area contributed by atoms with E-state index in [2.05, 4.69) is 138 Å². The number of allylic oxidation sites excluding steroid dienone is 5. The van der Waals surface area contributed by atoms with Gasteiger partial charge in [0.05, 0.1) is 35.7 Å². The monoisotopic (exact) mass is 1280 g/mol. The molecule has 2 atom stereocenters. The second kappa shape index (κ2) is 36.1. The van der Waals surface area contributed by atoms with Crippen molar-refractivity contribution < 1.29 is 0 Å². The van der Waals surface area contributed by atoms with Crippen molar-refractivity contribution in [1.29, 1.82) is 0 Å². The molecule has 96 heavy (non-hydrogen) atoms. The van der Waals surface area contributed by atoms with Gasteiger partial charge in [0.15, 0.2) is 16.9 Å². The summed E-state index contributed by atoms with van der Waals surface area (Å²) in [4.78, 5) is 27.2. The number of hydrogen-bond acceptors (Lipinski definition) is 12. The van der Waals surface area contributed by atoms with Crippen LogP contribution in [0.25, 0.3) is 61.9 Å². The molecule has 0 amide bonds. The third-order valence-corrected chi connectivity index (χ3v) is 17.0. The Balaban J connectivity index is 0.000000171. The average molecular weight is 1280 g/mol. The molecule has 9 heterocycles. The molecule has 5 aliphatic carbocycles. The minimum Gasteiger partial charge on any atom is -0.370 e. The number of nitrogens with zero attached hydrogens (tertiary/aromatic N) is 12. The fourth-order valence-corrected chi connectivity index (χ4v) is 12.6. The molecule has 11 aromatic rings. The Morgan fingerprint density at radius 2 is 0.906 bits per heavy atom. The minimum absolute atomic E-state index is 0.381. The SMILES string of the molecule is CC.CC.CC.CC.CC.CC.Cc1cnn2c(NC3CCC4=C(C3)c3ccccc3C4)cc(-c3cccnc3)nc12.Cc1cnn2c(NC3CCC4=C(C=CC4)C3)cc(-c3cccnc3)nc12.Cc1cnn2c(NCCC3=CCc4ccccc43)cc(-c3cccnc3)nc12. The summed E-state index contributed by atoms with van der Waals surface area (Å²) in [6.45, 7) is 31.0. The molecule has 2 aromatic carbocycles. The van der Waals surface area contributed by atoms with Crippen LogP contribution in [0, 0.1) is 20.8 Å². The van der Waals surface area contributed by atoms with E-state index in [1.54, 1.807) is 35.3 Å². The summed E-state index contributed by atoms with van der Waals surface area (Å²) >= 11 is 0. The minimum atomic E-state index is 0.381. The first-order valence-electron chi connectivity index (χ1n) is 35.3. The number of rotatable bonds is 11. The smallest absolute Gasteiger partial charge is 0.160 e. The van der Waals surface area contributed by atoms with Crippen LogP contribution in [0.1, 0.15) is 173 Å². The molecule has 0 saturated carbocycles. The number of fused-ring (bicyclic) bond motifs is 6. The maximum Gasteiger partial charge on any atom is 0.160 e. The van der Waals surface area contributed by atoms with Crippen molar-refractivity contribution in [3.05, 3.63) is 233 Å².